The van der Waals surface area contributed by atoms with Crippen LogP contribution in [0, 0.1) is 115 Å². The van der Waals surface area contributed by atoms with Crippen molar-refractivity contribution in [1.82, 2.24) is 0 Å². The van der Waals surface area contributed by atoms with E-state index in [0.717, 1.165) is 63.0 Å². The summed E-state index contributed by atoms with van der Waals surface area (Å²) < 4.78 is 187. The zero-order chi connectivity index (χ0) is 86.6. The molecule has 612 valence electrons. The molecule has 0 amide bonds. The molecule has 2 aliphatic rings. The second kappa shape index (κ2) is 38.9. The first kappa shape index (κ1) is 100. The molecule has 0 spiro atoms. The predicted octanol–water partition coefficient (Wildman–Crippen LogP) is 5.77. The summed E-state index contributed by atoms with van der Waals surface area (Å²) in [5.41, 5.74) is 16.2. The van der Waals surface area contributed by atoms with E-state index < -0.39 is 81.6 Å². The molecule has 0 atom stereocenters. The third-order valence-electron chi connectivity index (χ3n) is 20.4. The number of nitro benzene ring substituents is 2. The molecule has 33 heteroatoms. The molecule has 0 saturated heterocycles. The molecule has 25 nitrogen and oxygen atoms in total. The van der Waals surface area contributed by atoms with Crippen LogP contribution >= 0.6 is 0 Å². The van der Waals surface area contributed by atoms with Gasteiger partial charge in [0.2, 0.25) is 22.8 Å². The van der Waals surface area contributed by atoms with Gasteiger partial charge < -0.3 is 33.4 Å². The van der Waals surface area contributed by atoms with Crippen molar-refractivity contribution in [3.63, 3.8) is 0 Å². The summed E-state index contributed by atoms with van der Waals surface area (Å²) in [7, 11) is -24.9. The number of anilines is 4. The monoisotopic (exact) mass is 1740 g/mol. The topological polar surface area (TPSA) is 424 Å². The van der Waals surface area contributed by atoms with E-state index >= 15 is 0 Å². The van der Waals surface area contributed by atoms with Crippen LogP contribution in [0.3, 0.4) is 0 Å². The van der Waals surface area contributed by atoms with E-state index in [9.17, 15) is 85.1 Å². The van der Waals surface area contributed by atoms with E-state index in [1.807, 2.05) is 107 Å². The third-order valence-corrected chi connectivity index (χ3v) is 25.6. The molecule has 0 bridgehead atoms. The maximum absolute atomic E-state index is 12.9. The van der Waals surface area contributed by atoms with Gasteiger partial charge in [0.1, 0.15) is 50.6 Å². The second-order valence-electron chi connectivity index (χ2n) is 30.5. The van der Waals surface area contributed by atoms with Crippen molar-refractivity contribution in [3.05, 3.63) is 282 Å². The van der Waals surface area contributed by atoms with Crippen LogP contribution in [0.15, 0.2) is 186 Å². The number of nitrogens with one attached hydrogen (secondary N) is 4. The number of hydrogen-bond donors (Lipinski definition) is 4. The van der Waals surface area contributed by atoms with Crippen LogP contribution in [0.2, 0.25) is 0 Å². The van der Waals surface area contributed by atoms with Crippen LogP contribution in [0.25, 0.3) is 11.1 Å². The van der Waals surface area contributed by atoms with E-state index in [1.165, 1.54) is 18.2 Å². The molecule has 2 aliphatic carbocycles. The van der Waals surface area contributed by atoms with Gasteiger partial charge in [0.15, 0.2) is 0 Å². The van der Waals surface area contributed by atoms with Crippen LogP contribution in [0.4, 0.5) is 45.5 Å². The first-order valence-corrected chi connectivity index (χ1v) is 43.8. The van der Waals surface area contributed by atoms with Crippen LogP contribution in [-0.4, -0.2) is 86.1 Å². The minimum Gasteiger partial charge on any atom is -0.744 e. The molecular weight excluding hydrogens is 1650 g/mol. The number of aryl methyl sites for hydroxylation is 9. The molecule has 0 aliphatic heterocycles. The predicted molar refractivity (Wildman–Crippen MR) is 444 cm³/mol. The van der Waals surface area contributed by atoms with Gasteiger partial charge in [-0.05, 0) is 269 Å². The normalized spacial score (nSPS) is 14.8. The maximum atomic E-state index is 12.9. The fourth-order valence-electron chi connectivity index (χ4n) is 15.4. The summed E-state index contributed by atoms with van der Waals surface area (Å²) in [6.45, 7) is 36.4. The van der Waals surface area contributed by atoms with Crippen molar-refractivity contribution in [2.45, 2.75) is 175 Å². The summed E-state index contributed by atoms with van der Waals surface area (Å²) in [4.78, 5) is 26.4. The Bertz CT molecular complexity index is 6380. The van der Waals surface area contributed by atoms with Gasteiger partial charge in [-0.15, -0.1) is 0 Å². The van der Waals surface area contributed by atoms with Gasteiger partial charge in [-0.2, -0.15) is 0 Å². The molecular formula is C86H91N6Na3O19S5. The summed E-state index contributed by atoms with van der Waals surface area (Å²) in [5, 5.41) is 30.2. The van der Waals surface area contributed by atoms with E-state index in [0.29, 0.717) is 101 Å². The van der Waals surface area contributed by atoms with Crippen LogP contribution < -0.4 is 109 Å². The Morgan fingerprint density at radius 1 is 0.361 bits per heavy atom. The fraction of sp³-hybridized carbons (Fsp3) is 0.279. The van der Waals surface area contributed by atoms with Crippen molar-refractivity contribution >= 4 is 119 Å². The SMILES string of the molecule is Cc1cc(C)c(S(=O)(=O)[O-])c(C)c1Nc1ccc(C(=C2C=CC(=[NH+]c3c(C)cc(C)c(S(=O)(=O)[O-])c3C)C(C(C)C)=C2)c2ccc([N+](=O)[O-])cc2S(=O)(=O)[O-])cc1C(C)C.Cc1cc(C)c([NH+]=C2C=CC(=C(c3ccc(Nc4c(C)cc(C)c(S(=O)(=O)[O-])c4C)c(C(C)C)c3)c3ccc([N+](=O)[O-])cc3S(=O)(=O)[O-])C=C2C(C)C)c(C)c1.[Na+].[Na+].[Na+]. The summed E-state index contributed by atoms with van der Waals surface area (Å²) in [6.07, 6.45) is 10.8. The Hall–Kier alpha value is -7.51. The number of nitro groups is 2. The number of hydrogen-bond acceptors (Lipinski definition) is 21. The first-order chi connectivity index (χ1) is 53.6. The van der Waals surface area contributed by atoms with Crippen molar-refractivity contribution in [2.24, 2.45) is 11.8 Å². The van der Waals surface area contributed by atoms with Gasteiger partial charge in [-0.25, -0.2) is 52.1 Å². The van der Waals surface area contributed by atoms with E-state index in [2.05, 4.69) is 32.8 Å². The molecule has 0 fully saturated rings. The average molecular weight is 1740 g/mol. The molecule has 0 heterocycles. The molecule has 8 aromatic carbocycles. The minimum absolute atomic E-state index is 0. The quantitative estimate of drug-likeness (QED) is 0.0287. The Labute approximate surface area is 763 Å². The van der Waals surface area contributed by atoms with Gasteiger partial charge in [0.25, 0.3) is 11.4 Å². The van der Waals surface area contributed by atoms with Crippen LogP contribution in [-0.2, 0) is 50.6 Å². The van der Waals surface area contributed by atoms with Gasteiger partial charge >= 0.3 is 88.7 Å². The molecule has 0 aromatic heterocycles. The number of nitrogens with zero attached hydrogens (tertiary/aromatic N) is 2. The minimum atomic E-state index is -5.31. The van der Waals surface area contributed by atoms with Crippen molar-refractivity contribution in [3.8, 4) is 0 Å². The van der Waals surface area contributed by atoms with Gasteiger partial charge in [0, 0.05) is 104 Å². The van der Waals surface area contributed by atoms with Gasteiger partial charge in [-0.1, -0.05) is 85.2 Å². The van der Waals surface area contributed by atoms with E-state index in [1.54, 1.807) is 122 Å². The fourth-order valence-corrected chi connectivity index (χ4v) is 19.6. The molecule has 119 heavy (non-hydrogen) atoms. The van der Waals surface area contributed by atoms with Crippen molar-refractivity contribution in [2.75, 3.05) is 10.6 Å². The van der Waals surface area contributed by atoms with E-state index in [4.69, 9.17) is 0 Å². The molecule has 0 saturated carbocycles. The largest absolute Gasteiger partial charge is 1.00 e. The number of non-ortho nitro benzene ring substituents is 2. The smallest absolute Gasteiger partial charge is 0.744 e. The summed E-state index contributed by atoms with van der Waals surface area (Å²) in [5.74, 6) is -0.552. The zero-order valence-corrected chi connectivity index (χ0v) is 80.9. The standard InChI is InChI=1S/C43H47N3O11S3.C43H47N3O8S2.3Na/c1-22(2)34-19-30(11-15-36(34)44-40-24(5)17-26(7)42(28(40)9)59(52,53)54)39(33-14-13-32(46(47)48)21-38(33)58(49,50)51)31-12-16-37(35(20-31)23(3)4)45-41-25(6)18-27(8)43(29(41)10)60(55,56)57;1-23(2)35-20-31(11-15-37(35)44-41-26(6)17-25(5)18-27(41)7)40(34-14-13-33(46(47)48)22-39(34)55(49,50)51)32-12-16-38(36(21-32)24(3)4)45-42-28(8)19-29(9)43(30(42)10)56(52,53)54;;;/h11-23,44H,1-10H3,(H,49,50,51)(H,52,53,54)(H,55,56,57);11-24,45H,1-10H3,(H,49,50,51)(H,52,53,54);;;/q;;3*+1/p-3. The first-order valence-electron chi connectivity index (χ1n) is 36.8. The number of rotatable bonds is 21. The number of allylic oxidation sites excluding steroid dienone is 10. The van der Waals surface area contributed by atoms with Crippen molar-refractivity contribution in [1.29, 1.82) is 0 Å². The second-order valence-corrected chi connectivity index (χ2v) is 37.2. The third kappa shape index (κ3) is 22.5. The average Bonchev–Trinajstić information content (AvgIpc) is 0.760. The molecule has 10 rings (SSSR count). The van der Waals surface area contributed by atoms with E-state index in [-0.39, 0.29) is 160 Å². The zero-order valence-electron chi connectivity index (χ0n) is 70.8. The Morgan fingerprint density at radius 3 is 0.992 bits per heavy atom. The van der Waals surface area contributed by atoms with Crippen LogP contribution in [0.1, 0.15) is 167 Å². The number of benzene rings is 8. The Kier molecular flexibility index (Phi) is 32.8. The Morgan fingerprint density at radius 2 is 0.681 bits per heavy atom. The van der Waals surface area contributed by atoms with Crippen LogP contribution in [0.5, 0.6) is 0 Å². The van der Waals surface area contributed by atoms with Crippen molar-refractivity contribution < 1.29 is 173 Å². The molecule has 4 N–H and O–H groups in total. The Balaban J connectivity index is 0.000000361. The molecule has 0 unspecified atom stereocenters. The van der Waals surface area contributed by atoms with Gasteiger partial charge in [0.05, 0.1) is 34.3 Å². The molecule has 8 aromatic rings. The summed E-state index contributed by atoms with van der Waals surface area (Å²) >= 11 is 0. The maximum Gasteiger partial charge on any atom is 1.00 e. The van der Waals surface area contributed by atoms with Gasteiger partial charge in [-0.3, -0.25) is 20.2 Å². The molecule has 0 radical (unpaired) electrons. The summed E-state index contributed by atoms with van der Waals surface area (Å²) in [6, 6.07) is 25.9.